The van der Waals surface area contributed by atoms with Crippen molar-refractivity contribution in [2.45, 2.75) is 31.8 Å². The van der Waals surface area contributed by atoms with Gasteiger partial charge in [0.2, 0.25) is 5.91 Å². The maximum atomic E-state index is 11.7. The number of amides is 1. The second-order valence-electron chi connectivity index (χ2n) is 4.70. The SMILES string of the molecule is O=C(CC1CCCN1)NCc1cccc([N+](=O)[O-])c1. The number of carbonyl (C=O) groups is 1. The van der Waals surface area contributed by atoms with Crippen LogP contribution in [0.15, 0.2) is 24.3 Å². The van der Waals surface area contributed by atoms with E-state index in [0.717, 1.165) is 24.9 Å². The van der Waals surface area contributed by atoms with E-state index in [9.17, 15) is 14.9 Å². The number of rotatable bonds is 5. The topological polar surface area (TPSA) is 84.3 Å². The maximum absolute atomic E-state index is 11.7. The molecule has 1 unspecified atom stereocenters. The molecule has 0 radical (unpaired) electrons. The van der Waals surface area contributed by atoms with Crippen molar-refractivity contribution in [3.8, 4) is 0 Å². The average Bonchev–Trinajstić information content (AvgIpc) is 2.89. The van der Waals surface area contributed by atoms with Crippen LogP contribution in [0.1, 0.15) is 24.8 Å². The minimum atomic E-state index is -0.437. The Morgan fingerprint density at radius 2 is 2.37 bits per heavy atom. The van der Waals surface area contributed by atoms with Crippen molar-refractivity contribution >= 4 is 11.6 Å². The van der Waals surface area contributed by atoms with E-state index in [1.54, 1.807) is 12.1 Å². The molecule has 1 atom stereocenters. The smallest absolute Gasteiger partial charge is 0.269 e. The first-order valence-corrected chi connectivity index (χ1v) is 6.38. The van der Waals surface area contributed by atoms with Gasteiger partial charge in [-0.05, 0) is 24.9 Å². The molecule has 2 rings (SSSR count). The van der Waals surface area contributed by atoms with Crippen molar-refractivity contribution in [3.63, 3.8) is 0 Å². The zero-order chi connectivity index (χ0) is 13.7. The van der Waals surface area contributed by atoms with Crippen LogP contribution in [0.3, 0.4) is 0 Å². The normalized spacial score (nSPS) is 18.2. The molecule has 1 aliphatic rings. The first-order valence-electron chi connectivity index (χ1n) is 6.38. The van der Waals surface area contributed by atoms with Crippen LogP contribution in [0, 0.1) is 10.1 Å². The third-order valence-corrected chi connectivity index (χ3v) is 3.21. The molecule has 6 heteroatoms. The fourth-order valence-corrected chi connectivity index (χ4v) is 2.21. The lowest BCUT2D eigenvalue weighted by atomic mass is 10.1. The Balaban J connectivity index is 1.82. The summed E-state index contributed by atoms with van der Waals surface area (Å²) in [6, 6.07) is 6.58. The third-order valence-electron chi connectivity index (χ3n) is 3.21. The Hall–Kier alpha value is -1.95. The molecule has 0 aliphatic carbocycles. The van der Waals surface area contributed by atoms with Crippen LogP contribution >= 0.6 is 0 Å². The molecule has 2 N–H and O–H groups in total. The van der Waals surface area contributed by atoms with Gasteiger partial charge in [0.05, 0.1) is 4.92 Å². The second kappa shape index (κ2) is 6.29. The van der Waals surface area contributed by atoms with Crippen molar-refractivity contribution in [1.82, 2.24) is 10.6 Å². The summed E-state index contributed by atoms with van der Waals surface area (Å²) in [6.45, 7) is 1.30. The average molecular weight is 263 g/mol. The minimum absolute atomic E-state index is 0.0223. The highest BCUT2D eigenvalue weighted by Crippen LogP contribution is 2.13. The molecule has 1 heterocycles. The second-order valence-corrected chi connectivity index (χ2v) is 4.70. The van der Waals surface area contributed by atoms with Gasteiger partial charge in [0.25, 0.3) is 5.69 Å². The fourth-order valence-electron chi connectivity index (χ4n) is 2.21. The van der Waals surface area contributed by atoms with E-state index in [2.05, 4.69) is 10.6 Å². The van der Waals surface area contributed by atoms with E-state index in [1.807, 2.05) is 0 Å². The standard InChI is InChI=1S/C13H17N3O3/c17-13(8-11-4-2-6-14-11)15-9-10-3-1-5-12(7-10)16(18)19/h1,3,5,7,11,14H,2,4,6,8-9H2,(H,15,17). The summed E-state index contributed by atoms with van der Waals surface area (Å²) in [6.07, 6.45) is 2.61. The largest absolute Gasteiger partial charge is 0.352 e. The third kappa shape index (κ3) is 4.03. The number of hydrogen-bond acceptors (Lipinski definition) is 4. The fraction of sp³-hybridized carbons (Fsp3) is 0.462. The van der Waals surface area contributed by atoms with E-state index in [-0.39, 0.29) is 17.6 Å². The molecule has 1 saturated heterocycles. The molecule has 102 valence electrons. The molecule has 1 aliphatic heterocycles. The number of nitro benzene ring substituents is 1. The van der Waals surface area contributed by atoms with Gasteiger partial charge in [-0.2, -0.15) is 0 Å². The van der Waals surface area contributed by atoms with Gasteiger partial charge >= 0.3 is 0 Å². The summed E-state index contributed by atoms with van der Waals surface area (Å²) in [5.74, 6) is -0.0223. The summed E-state index contributed by atoms with van der Waals surface area (Å²) in [4.78, 5) is 21.9. The van der Waals surface area contributed by atoms with Gasteiger partial charge in [-0.3, -0.25) is 14.9 Å². The Morgan fingerprint density at radius 1 is 1.53 bits per heavy atom. The summed E-state index contributed by atoms with van der Waals surface area (Å²) >= 11 is 0. The predicted molar refractivity (Wildman–Crippen MR) is 70.6 cm³/mol. The van der Waals surface area contributed by atoms with Crippen molar-refractivity contribution in [3.05, 3.63) is 39.9 Å². The highest BCUT2D eigenvalue weighted by molar-refractivity contribution is 5.76. The molecular formula is C13H17N3O3. The van der Waals surface area contributed by atoms with E-state index in [0.29, 0.717) is 13.0 Å². The first kappa shape index (κ1) is 13.5. The molecule has 0 aromatic heterocycles. The monoisotopic (exact) mass is 263 g/mol. The van der Waals surface area contributed by atoms with Crippen molar-refractivity contribution < 1.29 is 9.72 Å². The molecule has 0 spiro atoms. The van der Waals surface area contributed by atoms with Gasteiger partial charge in [-0.15, -0.1) is 0 Å². The quantitative estimate of drug-likeness (QED) is 0.620. The Bertz CT molecular complexity index is 470. The van der Waals surface area contributed by atoms with Gasteiger partial charge in [0, 0.05) is 31.1 Å². The van der Waals surface area contributed by atoms with E-state index in [4.69, 9.17) is 0 Å². The summed E-state index contributed by atoms with van der Waals surface area (Å²) < 4.78 is 0. The predicted octanol–water partition coefficient (Wildman–Crippen LogP) is 1.35. The molecular weight excluding hydrogens is 246 g/mol. The molecule has 19 heavy (non-hydrogen) atoms. The zero-order valence-electron chi connectivity index (χ0n) is 10.6. The number of hydrogen-bond donors (Lipinski definition) is 2. The Labute approximate surface area is 111 Å². The molecule has 1 aromatic carbocycles. The van der Waals surface area contributed by atoms with Crippen LogP contribution in [-0.4, -0.2) is 23.4 Å². The summed E-state index contributed by atoms with van der Waals surface area (Å²) in [5, 5.41) is 16.7. The Morgan fingerprint density at radius 3 is 3.05 bits per heavy atom. The lowest BCUT2D eigenvalue weighted by Crippen LogP contribution is -2.31. The molecule has 1 aromatic rings. The number of carbonyl (C=O) groups excluding carboxylic acids is 1. The highest BCUT2D eigenvalue weighted by Gasteiger charge is 2.17. The lowest BCUT2D eigenvalue weighted by molar-refractivity contribution is -0.384. The Kier molecular flexibility index (Phi) is 4.46. The zero-order valence-corrected chi connectivity index (χ0v) is 10.6. The minimum Gasteiger partial charge on any atom is -0.352 e. The van der Waals surface area contributed by atoms with Crippen molar-refractivity contribution in [1.29, 1.82) is 0 Å². The number of nitrogens with one attached hydrogen (secondary N) is 2. The number of nitrogens with zero attached hydrogens (tertiary/aromatic N) is 1. The van der Waals surface area contributed by atoms with Gasteiger partial charge in [0.1, 0.15) is 0 Å². The van der Waals surface area contributed by atoms with Crippen LogP contribution in [0.4, 0.5) is 5.69 Å². The number of nitro groups is 1. The first-order chi connectivity index (χ1) is 9.15. The van der Waals surface area contributed by atoms with Crippen molar-refractivity contribution in [2.75, 3.05) is 6.54 Å². The van der Waals surface area contributed by atoms with Crippen LogP contribution in [0.2, 0.25) is 0 Å². The molecule has 6 nitrogen and oxygen atoms in total. The van der Waals surface area contributed by atoms with Crippen LogP contribution in [0.25, 0.3) is 0 Å². The molecule has 1 fully saturated rings. The summed E-state index contributed by atoms with van der Waals surface area (Å²) in [7, 11) is 0. The van der Waals surface area contributed by atoms with E-state index in [1.165, 1.54) is 12.1 Å². The lowest BCUT2D eigenvalue weighted by Gasteiger charge is -2.10. The van der Waals surface area contributed by atoms with E-state index >= 15 is 0 Å². The van der Waals surface area contributed by atoms with Crippen LogP contribution in [0.5, 0.6) is 0 Å². The van der Waals surface area contributed by atoms with Crippen LogP contribution in [-0.2, 0) is 11.3 Å². The molecule has 0 saturated carbocycles. The maximum Gasteiger partial charge on any atom is 0.269 e. The molecule has 1 amide bonds. The highest BCUT2D eigenvalue weighted by atomic mass is 16.6. The summed E-state index contributed by atoms with van der Waals surface area (Å²) in [5.41, 5.74) is 0.783. The van der Waals surface area contributed by atoms with E-state index < -0.39 is 4.92 Å². The number of non-ortho nitro benzene ring substituents is 1. The van der Waals surface area contributed by atoms with Gasteiger partial charge < -0.3 is 10.6 Å². The van der Waals surface area contributed by atoms with Crippen molar-refractivity contribution in [2.24, 2.45) is 0 Å². The van der Waals surface area contributed by atoms with Gasteiger partial charge in [-0.1, -0.05) is 12.1 Å². The van der Waals surface area contributed by atoms with Gasteiger partial charge in [0.15, 0.2) is 0 Å². The van der Waals surface area contributed by atoms with Crippen LogP contribution < -0.4 is 10.6 Å². The number of benzene rings is 1. The van der Waals surface area contributed by atoms with Gasteiger partial charge in [-0.25, -0.2) is 0 Å². The molecule has 0 bridgehead atoms.